The second-order valence-corrected chi connectivity index (χ2v) is 15.6. The van der Waals surface area contributed by atoms with Crippen molar-refractivity contribution in [2.45, 2.75) is 103 Å². The van der Waals surface area contributed by atoms with Crippen molar-refractivity contribution >= 4 is 47.8 Å². The quantitative estimate of drug-likeness (QED) is 0.274. The highest BCUT2D eigenvalue weighted by atomic mass is 32.1. The largest absolute Gasteiger partial charge is 0.495 e. The molecule has 44 heavy (non-hydrogen) atoms. The van der Waals surface area contributed by atoms with E-state index in [1.54, 1.807) is 25.2 Å². The van der Waals surface area contributed by atoms with Crippen LogP contribution in [0.3, 0.4) is 0 Å². The van der Waals surface area contributed by atoms with E-state index in [9.17, 15) is 5.11 Å². The zero-order valence-electron chi connectivity index (χ0n) is 26.7. The Balaban J connectivity index is 1.31. The Kier molecular flexibility index (Phi) is 6.75. The van der Waals surface area contributed by atoms with E-state index >= 15 is 4.39 Å². The molecule has 1 saturated carbocycles. The van der Waals surface area contributed by atoms with Crippen LogP contribution in [0.25, 0.3) is 22.2 Å². The molecule has 11 heteroatoms. The minimum absolute atomic E-state index is 0.329. The topological polar surface area (TPSA) is 75.0 Å². The number of halogens is 1. The third-order valence-corrected chi connectivity index (χ3v) is 11.2. The van der Waals surface area contributed by atoms with Gasteiger partial charge in [0, 0.05) is 12.1 Å². The molecule has 2 fully saturated rings. The van der Waals surface area contributed by atoms with Crippen molar-refractivity contribution in [3.63, 3.8) is 0 Å². The molecule has 3 aliphatic rings. The van der Waals surface area contributed by atoms with Gasteiger partial charge in [-0.25, -0.2) is 9.37 Å². The maximum absolute atomic E-state index is 16.2. The van der Waals surface area contributed by atoms with E-state index in [4.69, 9.17) is 23.7 Å². The van der Waals surface area contributed by atoms with E-state index < -0.39 is 41.6 Å². The van der Waals surface area contributed by atoms with Gasteiger partial charge in [-0.15, -0.1) is 11.3 Å². The predicted octanol–water partition coefficient (Wildman–Crippen LogP) is 5.56. The highest BCUT2D eigenvalue weighted by molar-refractivity contribution is 7.11. The maximum Gasteiger partial charge on any atom is 0.495 e. The Morgan fingerprint density at radius 1 is 1.07 bits per heavy atom. The Morgan fingerprint density at radius 2 is 1.77 bits per heavy atom. The van der Waals surface area contributed by atoms with Crippen molar-refractivity contribution in [3.8, 4) is 17.0 Å². The van der Waals surface area contributed by atoms with Gasteiger partial charge in [-0.3, -0.25) is 4.57 Å². The van der Waals surface area contributed by atoms with Crippen molar-refractivity contribution in [1.82, 2.24) is 9.55 Å². The van der Waals surface area contributed by atoms with Crippen LogP contribution in [0.15, 0.2) is 42.6 Å². The third-order valence-electron chi connectivity index (χ3n) is 10.0. The van der Waals surface area contributed by atoms with Crippen LogP contribution in [0.1, 0.15) is 90.3 Å². The summed E-state index contributed by atoms with van der Waals surface area (Å²) in [6.07, 6.45) is 3.72. The number of fused-ring (bicyclic) bond motifs is 5. The molecule has 1 N–H and O–H groups in total. The van der Waals surface area contributed by atoms with E-state index in [-0.39, 0.29) is 0 Å². The number of benzene rings is 2. The highest BCUT2D eigenvalue weighted by Gasteiger charge is 2.52. The molecule has 0 amide bonds. The van der Waals surface area contributed by atoms with Crippen LogP contribution in [0.4, 0.5) is 4.39 Å². The molecule has 7 rings (SSSR count). The first-order chi connectivity index (χ1) is 20.5. The van der Waals surface area contributed by atoms with Crippen LogP contribution in [0.5, 0.6) is 5.75 Å². The summed E-state index contributed by atoms with van der Waals surface area (Å²) in [5.74, 6) is 0.577. The van der Waals surface area contributed by atoms with Gasteiger partial charge in [-0.1, -0.05) is 17.6 Å². The zero-order valence-corrected chi connectivity index (χ0v) is 27.5. The van der Waals surface area contributed by atoms with Crippen molar-refractivity contribution in [2.24, 2.45) is 0 Å². The third kappa shape index (κ3) is 4.92. The van der Waals surface area contributed by atoms with Gasteiger partial charge in [0.25, 0.3) is 0 Å². The standard InChI is InChI=1S/C33H39B2FN2O5S/c1-30(2,39)31(3,4)41-34-20-11-12-23-19(13-20)14-24-27-22(36)15-21(35-42-32(5,6)33(7,8)43-35)16-25(27)40-29(38(23)24)26-17-37-28(44-26)18-9-10-18/h11-18,29,34,39H,9-10H2,1-8H3/t29-/m0/s1. The summed E-state index contributed by atoms with van der Waals surface area (Å²) in [6, 6.07) is 11.5. The summed E-state index contributed by atoms with van der Waals surface area (Å²) in [5.41, 5.74) is 0.759. The Bertz CT molecular complexity index is 1760. The maximum atomic E-state index is 16.2. The molecule has 4 aromatic rings. The van der Waals surface area contributed by atoms with Crippen LogP contribution in [-0.4, -0.2) is 51.7 Å². The van der Waals surface area contributed by atoms with E-state index in [0.717, 1.165) is 44.8 Å². The summed E-state index contributed by atoms with van der Waals surface area (Å²) >= 11 is 1.67. The zero-order chi connectivity index (χ0) is 31.4. The summed E-state index contributed by atoms with van der Waals surface area (Å²) in [5, 5.41) is 12.6. The molecule has 7 nitrogen and oxygen atoms in total. The van der Waals surface area contributed by atoms with Gasteiger partial charge in [-0.2, -0.15) is 0 Å². The predicted molar refractivity (Wildman–Crippen MR) is 174 cm³/mol. The minimum atomic E-state index is -1.01. The van der Waals surface area contributed by atoms with Crippen molar-refractivity contribution in [2.75, 3.05) is 0 Å². The SMILES string of the molecule is CC(C)(O)C(C)(C)OBc1ccc2c(c1)cc1n2[C@H](c2cnc(C3CC3)s2)Oc2cc(B3OC(C)(C)C(C)(C)O3)cc(F)c2-1. The molecule has 4 heterocycles. The van der Waals surface area contributed by atoms with Crippen molar-refractivity contribution < 1.29 is 28.2 Å². The molecule has 1 saturated heterocycles. The number of aromatic nitrogens is 2. The molecule has 230 valence electrons. The first-order valence-electron chi connectivity index (χ1n) is 15.4. The summed E-state index contributed by atoms with van der Waals surface area (Å²) < 4.78 is 43.6. The summed E-state index contributed by atoms with van der Waals surface area (Å²) in [7, 11) is -0.384. The molecular formula is C33H39B2FN2O5S. The summed E-state index contributed by atoms with van der Waals surface area (Å²) in [4.78, 5) is 5.70. The van der Waals surface area contributed by atoms with Gasteiger partial charge in [0.2, 0.25) is 6.23 Å². The molecular weight excluding hydrogens is 577 g/mol. The molecule has 2 aromatic carbocycles. The fraction of sp³-hybridized carbons (Fsp3) is 0.485. The molecule has 2 aliphatic heterocycles. The lowest BCUT2D eigenvalue weighted by Crippen LogP contribution is -2.49. The minimum Gasteiger partial charge on any atom is -0.464 e. The molecule has 0 unspecified atom stereocenters. The molecule has 0 spiro atoms. The van der Waals surface area contributed by atoms with Crippen LogP contribution in [0.2, 0.25) is 0 Å². The fourth-order valence-electron chi connectivity index (χ4n) is 5.61. The van der Waals surface area contributed by atoms with Gasteiger partial charge in [0.05, 0.1) is 49.1 Å². The second-order valence-electron chi connectivity index (χ2n) is 14.5. The molecule has 1 atom stereocenters. The van der Waals surface area contributed by atoms with E-state index in [1.807, 2.05) is 72.0 Å². The van der Waals surface area contributed by atoms with Crippen molar-refractivity contribution in [1.29, 1.82) is 0 Å². The smallest absolute Gasteiger partial charge is 0.464 e. The Labute approximate surface area is 263 Å². The monoisotopic (exact) mass is 616 g/mol. The molecule has 0 radical (unpaired) electrons. The number of aliphatic hydroxyl groups is 1. The number of hydrogen-bond acceptors (Lipinski definition) is 7. The van der Waals surface area contributed by atoms with Gasteiger partial charge < -0.3 is 23.8 Å². The van der Waals surface area contributed by atoms with Crippen molar-refractivity contribution in [3.05, 3.63) is 58.3 Å². The lowest BCUT2D eigenvalue weighted by Gasteiger charge is -2.37. The number of thiazole rings is 1. The lowest BCUT2D eigenvalue weighted by molar-refractivity contribution is -0.0893. The van der Waals surface area contributed by atoms with Gasteiger partial charge in [0.1, 0.15) is 11.6 Å². The Morgan fingerprint density at radius 3 is 2.43 bits per heavy atom. The highest BCUT2D eigenvalue weighted by Crippen LogP contribution is 2.48. The first kappa shape index (κ1) is 30.0. The number of ether oxygens (including phenoxy) is 1. The molecule has 2 aromatic heterocycles. The van der Waals surface area contributed by atoms with Gasteiger partial charge in [-0.05, 0) is 103 Å². The first-order valence-corrected chi connectivity index (χ1v) is 16.2. The van der Waals surface area contributed by atoms with E-state index in [2.05, 4.69) is 10.6 Å². The van der Waals surface area contributed by atoms with Gasteiger partial charge >= 0.3 is 14.6 Å². The fourth-order valence-corrected chi connectivity index (χ4v) is 6.72. The molecule has 1 aliphatic carbocycles. The van der Waals surface area contributed by atoms with E-state index in [0.29, 0.717) is 30.2 Å². The molecule has 0 bridgehead atoms. The average Bonchev–Trinajstić information content (AvgIpc) is 3.45. The number of hydrogen-bond donors (Lipinski definition) is 1. The van der Waals surface area contributed by atoms with Crippen LogP contribution < -0.4 is 15.7 Å². The van der Waals surface area contributed by atoms with E-state index in [1.165, 1.54) is 6.07 Å². The number of nitrogens with zero attached hydrogens (tertiary/aromatic N) is 2. The summed E-state index contributed by atoms with van der Waals surface area (Å²) in [6.45, 7) is 15.2. The van der Waals surface area contributed by atoms with Crippen LogP contribution in [0, 0.1) is 5.82 Å². The van der Waals surface area contributed by atoms with Crippen LogP contribution in [-0.2, 0) is 14.0 Å². The van der Waals surface area contributed by atoms with Gasteiger partial charge in [0.15, 0.2) is 0 Å². The lowest BCUT2D eigenvalue weighted by atomic mass is 9.78. The Hall–Kier alpha value is -2.69. The average molecular weight is 616 g/mol. The second kappa shape index (κ2) is 9.90. The van der Waals surface area contributed by atoms with Crippen LogP contribution >= 0.6 is 11.3 Å². The number of rotatable bonds is 7. The normalized spacial score (nSPS) is 20.9.